The molecule has 196 valence electrons. The van der Waals surface area contributed by atoms with E-state index < -0.39 is 23.9 Å². The van der Waals surface area contributed by atoms with Crippen LogP contribution in [-0.2, 0) is 4.79 Å². The second-order valence-electron chi connectivity index (χ2n) is 8.69. The molecule has 1 aliphatic carbocycles. The largest absolute Gasteiger partial charge is 0.507 e. The number of ether oxygens (including phenoxy) is 1. The number of aliphatic carboxylic acids is 1. The average Bonchev–Trinajstić information content (AvgIpc) is 3.44. The fraction of sp³-hybridized carbons (Fsp3) is 0.360. The third-order valence-corrected chi connectivity index (χ3v) is 5.96. The van der Waals surface area contributed by atoms with Crippen molar-refractivity contribution in [2.75, 3.05) is 32.8 Å². The number of carbonyl (C=O) groups is 3. The van der Waals surface area contributed by atoms with Crippen molar-refractivity contribution >= 4 is 23.9 Å². The summed E-state index contributed by atoms with van der Waals surface area (Å²) in [5.74, 6) is -1.02. The smallest absolute Gasteiger partial charge is 0.328 e. The van der Waals surface area contributed by atoms with E-state index >= 15 is 0 Å². The number of carboxylic acid groups (broad SMARTS) is 1. The number of guanidine groups is 1. The van der Waals surface area contributed by atoms with Gasteiger partial charge in [-0.05, 0) is 24.1 Å². The molecule has 0 spiro atoms. The van der Waals surface area contributed by atoms with Crippen molar-refractivity contribution < 1.29 is 29.3 Å². The Labute approximate surface area is 213 Å². The van der Waals surface area contributed by atoms with Gasteiger partial charge in [0, 0.05) is 31.1 Å². The summed E-state index contributed by atoms with van der Waals surface area (Å²) < 4.78 is 5.56. The highest BCUT2D eigenvalue weighted by molar-refractivity contribution is 5.97. The second kappa shape index (κ2) is 12.0. The van der Waals surface area contributed by atoms with Crippen LogP contribution in [0.1, 0.15) is 28.3 Å². The van der Waals surface area contributed by atoms with Crippen LogP contribution >= 0.6 is 0 Å². The lowest BCUT2D eigenvalue weighted by molar-refractivity contribution is -0.139. The minimum atomic E-state index is -1.35. The Morgan fingerprint density at radius 2 is 1.97 bits per heavy atom. The van der Waals surface area contributed by atoms with Gasteiger partial charge in [-0.2, -0.15) is 0 Å². The van der Waals surface area contributed by atoms with Crippen LogP contribution in [-0.4, -0.2) is 78.9 Å². The summed E-state index contributed by atoms with van der Waals surface area (Å²) in [6.45, 7) is 1.97. The van der Waals surface area contributed by atoms with E-state index in [1.807, 2.05) is 30.3 Å². The standard InChI is InChI=1S/C25H30N6O6/c32-21-12-16(37-11-10-28-24-26-8-9-27-24)6-7-17(21)22(33)29-14-20(23(34)35)31-25(36)30-19-13-18(19)15-4-2-1-3-5-15/h1-7,12,18-20,32H,8-11,13-14H2,(H,29,33)(H,34,35)(H2,26,27,28)(H2,30,31,36)/t18?,19?,20-/m0/s1. The monoisotopic (exact) mass is 510 g/mol. The predicted molar refractivity (Wildman–Crippen MR) is 135 cm³/mol. The predicted octanol–water partition coefficient (Wildman–Crippen LogP) is 0.358. The number of urea groups is 1. The molecule has 0 radical (unpaired) electrons. The lowest BCUT2D eigenvalue weighted by Gasteiger charge is -2.16. The third kappa shape index (κ3) is 7.26. The van der Waals surface area contributed by atoms with E-state index in [2.05, 4.69) is 31.6 Å². The number of carbonyl (C=O) groups excluding carboxylic acids is 2. The summed E-state index contributed by atoms with van der Waals surface area (Å²) in [7, 11) is 0. The van der Waals surface area contributed by atoms with Gasteiger partial charge in [0.05, 0.1) is 18.7 Å². The number of benzene rings is 2. The maximum absolute atomic E-state index is 12.5. The number of aliphatic imine (C=N–C) groups is 1. The van der Waals surface area contributed by atoms with Gasteiger partial charge in [0.1, 0.15) is 24.1 Å². The molecule has 3 atom stereocenters. The lowest BCUT2D eigenvalue weighted by atomic mass is 10.1. The number of hydrogen-bond acceptors (Lipinski definition) is 8. The van der Waals surface area contributed by atoms with Crippen LogP contribution in [0.4, 0.5) is 4.79 Å². The summed E-state index contributed by atoms with van der Waals surface area (Å²) in [4.78, 5) is 40.6. The van der Waals surface area contributed by atoms with Crippen molar-refractivity contribution in [3.05, 3.63) is 59.7 Å². The van der Waals surface area contributed by atoms with Crippen LogP contribution in [0.2, 0.25) is 0 Å². The number of rotatable bonds is 11. The minimum Gasteiger partial charge on any atom is -0.507 e. The number of phenolic OH excluding ortho intramolecular Hbond substituents is 1. The number of phenols is 1. The van der Waals surface area contributed by atoms with Gasteiger partial charge in [-0.1, -0.05) is 30.3 Å². The molecule has 1 aliphatic heterocycles. The Kier molecular flexibility index (Phi) is 8.29. The maximum Gasteiger partial charge on any atom is 0.328 e. The van der Waals surface area contributed by atoms with E-state index in [0.717, 1.165) is 25.1 Å². The number of nitrogens with zero attached hydrogens (tertiary/aromatic N) is 1. The Bertz CT molecular complexity index is 1160. The van der Waals surface area contributed by atoms with Crippen LogP contribution in [0.5, 0.6) is 11.5 Å². The van der Waals surface area contributed by atoms with Crippen LogP contribution in [0, 0.1) is 0 Å². The van der Waals surface area contributed by atoms with E-state index in [9.17, 15) is 24.6 Å². The zero-order valence-electron chi connectivity index (χ0n) is 20.1. The Hall–Kier alpha value is -4.48. The molecule has 2 unspecified atom stereocenters. The van der Waals surface area contributed by atoms with Crippen molar-refractivity contribution in [1.82, 2.24) is 26.6 Å². The van der Waals surface area contributed by atoms with Gasteiger partial charge in [0.15, 0.2) is 5.96 Å². The van der Waals surface area contributed by atoms with E-state index in [1.54, 1.807) is 0 Å². The summed E-state index contributed by atoms with van der Waals surface area (Å²) in [6, 6.07) is 11.9. The number of aromatic hydroxyl groups is 1. The van der Waals surface area contributed by atoms with E-state index in [1.165, 1.54) is 18.2 Å². The number of nitrogens with one attached hydrogen (secondary N) is 5. The molecule has 0 saturated heterocycles. The van der Waals surface area contributed by atoms with E-state index in [-0.39, 0.29) is 29.8 Å². The van der Waals surface area contributed by atoms with Crippen LogP contribution in [0.3, 0.4) is 0 Å². The van der Waals surface area contributed by atoms with Crippen molar-refractivity contribution in [2.24, 2.45) is 4.99 Å². The molecule has 12 nitrogen and oxygen atoms in total. The fourth-order valence-electron chi connectivity index (χ4n) is 3.93. The molecule has 0 bridgehead atoms. The highest BCUT2D eigenvalue weighted by Gasteiger charge is 2.39. The Morgan fingerprint density at radius 3 is 2.68 bits per heavy atom. The van der Waals surface area contributed by atoms with Gasteiger partial charge in [0.2, 0.25) is 0 Å². The summed E-state index contributed by atoms with van der Waals surface area (Å²) >= 11 is 0. The molecule has 2 aliphatic rings. The number of amides is 3. The van der Waals surface area contributed by atoms with Crippen LogP contribution in [0.15, 0.2) is 53.5 Å². The lowest BCUT2D eigenvalue weighted by Crippen LogP contribution is -2.52. The topological polar surface area (TPSA) is 173 Å². The molecule has 2 aromatic rings. The molecule has 12 heteroatoms. The zero-order chi connectivity index (χ0) is 26.2. The van der Waals surface area contributed by atoms with E-state index in [0.29, 0.717) is 24.9 Å². The quantitative estimate of drug-likeness (QED) is 0.212. The number of hydrogen-bond donors (Lipinski definition) is 7. The van der Waals surface area contributed by atoms with Crippen LogP contribution < -0.4 is 31.3 Å². The molecule has 1 saturated carbocycles. The normalized spacial score (nSPS) is 18.5. The third-order valence-electron chi connectivity index (χ3n) is 5.96. The van der Waals surface area contributed by atoms with Crippen molar-refractivity contribution in [3.63, 3.8) is 0 Å². The van der Waals surface area contributed by atoms with Gasteiger partial charge < -0.3 is 41.5 Å². The highest BCUT2D eigenvalue weighted by atomic mass is 16.5. The molecule has 1 fully saturated rings. The molecular weight excluding hydrogens is 480 g/mol. The molecule has 0 aromatic heterocycles. The Balaban J connectivity index is 1.21. The molecule has 4 rings (SSSR count). The van der Waals surface area contributed by atoms with Gasteiger partial charge in [-0.15, -0.1) is 0 Å². The first kappa shape index (κ1) is 25.6. The fourth-order valence-corrected chi connectivity index (χ4v) is 3.93. The maximum atomic E-state index is 12.5. The average molecular weight is 511 g/mol. The van der Waals surface area contributed by atoms with Gasteiger partial charge in [0.25, 0.3) is 5.91 Å². The molecule has 2 aromatic carbocycles. The molecule has 37 heavy (non-hydrogen) atoms. The van der Waals surface area contributed by atoms with Gasteiger partial charge in [-0.3, -0.25) is 9.79 Å². The summed E-state index contributed by atoms with van der Waals surface area (Å²) in [5, 5.41) is 33.5. The second-order valence-corrected chi connectivity index (χ2v) is 8.69. The molecule has 7 N–H and O–H groups in total. The summed E-state index contributed by atoms with van der Waals surface area (Å²) in [6.07, 6.45) is 0.772. The highest BCUT2D eigenvalue weighted by Crippen LogP contribution is 2.40. The van der Waals surface area contributed by atoms with E-state index in [4.69, 9.17) is 4.74 Å². The first-order valence-corrected chi connectivity index (χ1v) is 12.0. The van der Waals surface area contributed by atoms with Crippen LogP contribution in [0.25, 0.3) is 0 Å². The molecular formula is C25H30N6O6. The first-order chi connectivity index (χ1) is 17.9. The summed E-state index contributed by atoms with van der Waals surface area (Å²) in [5.41, 5.74) is 1.06. The van der Waals surface area contributed by atoms with Crippen molar-refractivity contribution in [3.8, 4) is 11.5 Å². The van der Waals surface area contributed by atoms with Crippen molar-refractivity contribution in [2.45, 2.75) is 24.4 Å². The SMILES string of the molecule is O=C(NC1CC1c1ccccc1)N[C@@H](CNC(=O)c1ccc(OCCNC2=NCCN2)cc1O)C(=O)O. The van der Waals surface area contributed by atoms with Crippen molar-refractivity contribution in [1.29, 1.82) is 0 Å². The van der Waals surface area contributed by atoms with Gasteiger partial charge >= 0.3 is 12.0 Å². The number of carboxylic acids is 1. The minimum absolute atomic E-state index is 0.0488. The van der Waals surface area contributed by atoms with Gasteiger partial charge in [-0.25, -0.2) is 9.59 Å². The molecule has 3 amide bonds. The Morgan fingerprint density at radius 1 is 1.16 bits per heavy atom. The first-order valence-electron chi connectivity index (χ1n) is 12.0. The molecule has 1 heterocycles. The zero-order valence-corrected chi connectivity index (χ0v) is 20.1.